The van der Waals surface area contributed by atoms with Gasteiger partial charge in [0.2, 0.25) is 0 Å². The maximum Gasteiger partial charge on any atom is 0.330 e. The molecule has 0 rings (SSSR count). The molecule has 112 valence electrons. The second kappa shape index (κ2) is 19.4. The van der Waals surface area contributed by atoms with E-state index in [0.29, 0.717) is 6.61 Å². The van der Waals surface area contributed by atoms with E-state index < -0.39 is 5.97 Å². The van der Waals surface area contributed by atoms with Crippen molar-refractivity contribution in [1.82, 2.24) is 0 Å². The molecular formula is C12H25O5PSi. The summed E-state index contributed by atoms with van der Waals surface area (Å²) in [6.07, 6.45) is 3.20. The maximum absolute atomic E-state index is 10.5. The van der Waals surface area contributed by atoms with E-state index in [2.05, 4.69) is 17.9 Å². The van der Waals surface area contributed by atoms with Gasteiger partial charge < -0.3 is 13.9 Å². The molecule has 5 nitrogen and oxygen atoms in total. The van der Waals surface area contributed by atoms with Gasteiger partial charge in [0, 0.05) is 18.8 Å². The highest BCUT2D eigenvalue weighted by Gasteiger charge is 1.94. The zero-order chi connectivity index (χ0) is 14.2. The molecule has 0 N–H and O–H groups in total. The zero-order valence-electron chi connectivity index (χ0n) is 11.9. The van der Waals surface area contributed by atoms with Gasteiger partial charge in [-0.2, -0.15) is 9.90 Å². The number of hydrogen-bond acceptors (Lipinski definition) is 5. The average Bonchev–Trinajstić information content (AvgIpc) is 2.42. The molecule has 0 saturated carbocycles. The van der Waals surface area contributed by atoms with Gasteiger partial charge in [-0.15, -0.1) is 0 Å². The predicted molar refractivity (Wildman–Crippen MR) is 84.1 cm³/mol. The molecule has 0 aromatic rings. The summed E-state index contributed by atoms with van der Waals surface area (Å²) in [5.74, 6) is -0.733. The normalized spacial score (nSPS) is 8.74. The summed E-state index contributed by atoms with van der Waals surface area (Å²) >= 11 is 0. The molecule has 0 aliphatic rings. The van der Waals surface area contributed by atoms with Crippen LogP contribution in [-0.2, 0) is 23.5 Å². The van der Waals surface area contributed by atoms with Crippen LogP contribution >= 0.6 is 9.90 Å². The van der Waals surface area contributed by atoms with Gasteiger partial charge in [0.15, 0.2) is 9.76 Å². The lowest BCUT2D eigenvalue weighted by Crippen LogP contribution is -2.04. The first kappa shape index (κ1) is 23.1. The SMILES string of the molecule is C=CC(=O)OC.C=CC(=O)OCCC[SiH2]OCC.P. The molecule has 0 aromatic carbocycles. The topological polar surface area (TPSA) is 61.8 Å². The molecule has 7 heteroatoms. The van der Waals surface area contributed by atoms with Gasteiger partial charge in [0.05, 0.1) is 13.7 Å². The molecule has 1 unspecified atom stereocenters. The van der Waals surface area contributed by atoms with Crippen LogP contribution in [0.5, 0.6) is 0 Å². The van der Waals surface area contributed by atoms with Gasteiger partial charge in [0.1, 0.15) is 0 Å². The van der Waals surface area contributed by atoms with Gasteiger partial charge in [-0.3, -0.25) is 0 Å². The van der Waals surface area contributed by atoms with Crippen molar-refractivity contribution < 1.29 is 23.5 Å². The average molecular weight is 308 g/mol. The number of carbonyl (C=O) groups excluding carboxylic acids is 2. The third kappa shape index (κ3) is 22.7. The summed E-state index contributed by atoms with van der Waals surface area (Å²) in [6, 6.07) is 1.07. The first-order valence-corrected chi connectivity index (χ1v) is 7.27. The molecule has 0 saturated heterocycles. The first-order valence-electron chi connectivity index (χ1n) is 5.69. The summed E-state index contributed by atoms with van der Waals surface area (Å²) in [6.45, 7) is 9.74. The van der Waals surface area contributed by atoms with Crippen LogP contribution in [-0.4, -0.2) is 42.0 Å². The van der Waals surface area contributed by atoms with E-state index in [1.165, 1.54) is 13.2 Å². The Labute approximate surface area is 120 Å². The van der Waals surface area contributed by atoms with Crippen LogP contribution in [0.4, 0.5) is 0 Å². The molecule has 0 fully saturated rings. The Morgan fingerprint density at radius 1 is 1.21 bits per heavy atom. The number of carbonyl (C=O) groups is 2. The monoisotopic (exact) mass is 308 g/mol. The molecule has 0 bridgehead atoms. The van der Waals surface area contributed by atoms with Crippen LogP contribution in [0.15, 0.2) is 25.3 Å². The van der Waals surface area contributed by atoms with Crippen LogP contribution in [0, 0.1) is 0 Å². The molecular weight excluding hydrogens is 283 g/mol. The molecule has 0 amide bonds. The molecule has 0 radical (unpaired) electrons. The second-order valence-corrected chi connectivity index (χ2v) is 4.53. The molecule has 0 spiro atoms. The van der Waals surface area contributed by atoms with Gasteiger partial charge in [-0.25, -0.2) is 9.59 Å². The Balaban J connectivity index is -0.000000313. The highest BCUT2D eigenvalue weighted by molar-refractivity contribution is 6.92. The van der Waals surface area contributed by atoms with Gasteiger partial charge in [-0.1, -0.05) is 13.2 Å². The molecule has 0 aliphatic heterocycles. The van der Waals surface area contributed by atoms with Crippen LogP contribution in [0.1, 0.15) is 13.3 Å². The lowest BCUT2D eigenvalue weighted by molar-refractivity contribution is -0.138. The van der Waals surface area contributed by atoms with E-state index in [4.69, 9.17) is 9.16 Å². The Bertz CT molecular complexity index is 259. The Kier molecular flexibility index (Phi) is 23.6. The van der Waals surface area contributed by atoms with Crippen molar-refractivity contribution in [1.29, 1.82) is 0 Å². The van der Waals surface area contributed by atoms with Crippen LogP contribution in [0.25, 0.3) is 0 Å². The summed E-state index contributed by atoms with van der Waals surface area (Å²) < 4.78 is 14.2. The predicted octanol–water partition coefficient (Wildman–Crippen LogP) is 1.05. The fourth-order valence-corrected chi connectivity index (χ4v) is 1.67. The number of ether oxygens (including phenoxy) is 2. The number of rotatable bonds is 8. The number of esters is 2. The van der Waals surface area contributed by atoms with Crippen molar-refractivity contribution in [2.75, 3.05) is 20.3 Å². The Morgan fingerprint density at radius 2 is 1.79 bits per heavy atom. The van der Waals surface area contributed by atoms with Crippen molar-refractivity contribution in [3.05, 3.63) is 25.3 Å². The third-order valence-electron chi connectivity index (χ3n) is 1.67. The van der Waals surface area contributed by atoms with Crippen LogP contribution in [0.3, 0.4) is 0 Å². The maximum atomic E-state index is 10.5. The van der Waals surface area contributed by atoms with E-state index in [1.54, 1.807) is 0 Å². The molecule has 1 atom stereocenters. The van der Waals surface area contributed by atoms with Gasteiger partial charge in [-0.05, 0) is 19.4 Å². The van der Waals surface area contributed by atoms with Crippen LogP contribution in [0.2, 0.25) is 6.04 Å². The Morgan fingerprint density at radius 3 is 2.16 bits per heavy atom. The fraction of sp³-hybridized carbons (Fsp3) is 0.500. The molecule has 0 aromatic heterocycles. The van der Waals surface area contributed by atoms with Crippen LogP contribution < -0.4 is 0 Å². The largest absolute Gasteiger partial charge is 0.466 e. The highest BCUT2D eigenvalue weighted by Crippen LogP contribution is 1.91. The quantitative estimate of drug-likeness (QED) is 0.220. The summed E-state index contributed by atoms with van der Waals surface area (Å²) in [4.78, 5) is 20.4. The third-order valence-corrected chi connectivity index (χ3v) is 3.15. The fourth-order valence-electron chi connectivity index (χ4n) is 0.766. The first-order chi connectivity index (χ1) is 8.62. The van der Waals surface area contributed by atoms with E-state index in [1.807, 2.05) is 6.92 Å². The Hall–Kier alpha value is -0.973. The highest BCUT2D eigenvalue weighted by atomic mass is 31.0. The summed E-state index contributed by atoms with van der Waals surface area (Å²) in [5, 5.41) is 0. The van der Waals surface area contributed by atoms with Gasteiger partial charge >= 0.3 is 11.9 Å². The standard InChI is InChI=1S/C8H16O3Si.C4H6O2.H3P/c1-3-8(9)10-6-5-7-12-11-4-2;1-3-4(5)6-2;/h3H,1,4-7,12H2,2H3;3H,1H2,2H3;1H3. The van der Waals surface area contributed by atoms with E-state index in [-0.39, 0.29) is 25.6 Å². The molecule has 19 heavy (non-hydrogen) atoms. The lowest BCUT2D eigenvalue weighted by atomic mass is 10.5. The number of methoxy groups -OCH3 is 1. The minimum absolute atomic E-state index is 0. The van der Waals surface area contributed by atoms with E-state index >= 15 is 0 Å². The van der Waals surface area contributed by atoms with Crippen molar-refractivity contribution in [3.8, 4) is 0 Å². The zero-order valence-corrected chi connectivity index (χ0v) is 14.7. The van der Waals surface area contributed by atoms with Crippen molar-refractivity contribution in [2.45, 2.75) is 19.4 Å². The van der Waals surface area contributed by atoms with E-state index in [0.717, 1.165) is 25.1 Å². The second-order valence-electron chi connectivity index (χ2n) is 3.00. The summed E-state index contributed by atoms with van der Waals surface area (Å²) in [5.41, 5.74) is 0. The van der Waals surface area contributed by atoms with E-state index in [9.17, 15) is 9.59 Å². The molecule has 0 aliphatic carbocycles. The minimum atomic E-state index is -0.394. The van der Waals surface area contributed by atoms with Crippen molar-refractivity contribution in [3.63, 3.8) is 0 Å². The van der Waals surface area contributed by atoms with Crippen molar-refractivity contribution in [2.24, 2.45) is 0 Å². The minimum Gasteiger partial charge on any atom is -0.466 e. The molecule has 0 heterocycles. The lowest BCUT2D eigenvalue weighted by Gasteiger charge is -2.01. The smallest absolute Gasteiger partial charge is 0.330 e. The summed E-state index contributed by atoms with van der Waals surface area (Å²) in [7, 11) is 0.953. The van der Waals surface area contributed by atoms with Crippen molar-refractivity contribution >= 4 is 31.6 Å². The number of hydrogen-bond donors (Lipinski definition) is 0. The van der Waals surface area contributed by atoms with Gasteiger partial charge in [0.25, 0.3) is 0 Å².